The maximum Gasteiger partial charge on any atom is 0.408 e. The van der Waals surface area contributed by atoms with Gasteiger partial charge in [-0.15, -0.1) is 10.2 Å². The number of hydrogen-bond acceptors (Lipinski definition) is 18. The zero-order chi connectivity index (χ0) is 72.4. The summed E-state index contributed by atoms with van der Waals surface area (Å²) in [5.41, 5.74) is 13.6. The van der Waals surface area contributed by atoms with Crippen LogP contribution in [0.1, 0.15) is 163 Å². The van der Waals surface area contributed by atoms with Crippen molar-refractivity contribution in [2.45, 2.75) is 189 Å². The van der Waals surface area contributed by atoms with E-state index in [9.17, 15) is 24.0 Å². The number of carbonyl (C=O) groups excluding carboxylic acids is 5. The van der Waals surface area contributed by atoms with E-state index < -0.39 is 47.6 Å². The number of nitrogens with two attached hydrogens (primary N) is 1. The number of benzene rings is 3. The third-order valence-electron chi connectivity index (χ3n) is 21.4. The van der Waals surface area contributed by atoms with Gasteiger partial charge in [0.2, 0.25) is 11.8 Å². The Hall–Kier alpha value is -8.78. The number of primary amides is 1. The van der Waals surface area contributed by atoms with Gasteiger partial charge in [0.15, 0.2) is 22.5 Å². The molecule has 1 saturated heterocycles. The maximum atomic E-state index is 14.7. The zero-order valence-corrected chi connectivity index (χ0v) is 61.9. The van der Waals surface area contributed by atoms with Crippen LogP contribution in [0.2, 0.25) is 0 Å². The van der Waals surface area contributed by atoms with E-state index in [2.05, 4.69) is 81.3 Å². The molecule has 4 bridgehead atoms. The summed E-state index contributed by atoms with van der Waals surface area (Å²) in [6, 6.07) is 22.9. The maximum absolute atomic E-state index is 14.7. The molecule has 3 aromatic carbocycles. The van der Waals surface area contributed by atoms with Crippen LogP contribution in [-0.2, 0) is 56.5 Å². The number of methoxy groups -OCH3 is 1. The molecule has 4 aliphatic carbocycles. The van der Waals surface area contributed by atoms with Gasteiger partial charge in [-0.1, -0.05) is 69.4 Å². The summed E-state index contributed by atoms with van der Waals surface area (Å²) in [4.78, 5) is 79.3. The van der Waals surface area contributed by atoms with E-state index in [1.165, 1.54) is 5.56 Å². The second kappa shape index (κ2) is 29.9. The van der Waals surface area contributed by atoms with E-state index >= 15 is 0 Å². The lowest BCUT2D eigenvalue weighted by Crippen LogP contribution is -2.64. The lowest BCUT2D eigenvalue weighted by molar-refractivity contribution is -0.930. The summed E-state index contributed by atoms with van der Waals surface area (Å²) >= 11 is 1.57. The Morgan fingerprint density at radius 2 is 1.59 bits per heavy atom. The van der Waals surface area contributed by atoms with Crippen molar-refractivity contribution < 1.29 is 47.4 Å². The van der Waals surface area contributed by atoms with Crippen LogP contribution in [-0.4, -0.2) is 141 Å². The van der Waals surface area contributed by atoms with Gasteiger partial charge in [-0.05, 0) is 188 Å². The first-order chi connectivity index (χ1) is 48.6. The van der Waals surface area contributed by atoms with Crippen molar-refractivity contribution in [1.82, 2.24) is 51.2 Å². The molecule has 4 saturated carbocycles. The average molecular weight is 1410 g/mol. The molecule has 0 unspecified atom stereocenters. The van der Waals surface area contributed by atoms with Gasteiger partial charge in [-0.2, -0.15) is 5.10 Å². The number of esters is 1. The van der Waals surface area contributed by atoms with Gasteiger partial charge in [-0.3, -0.25) is 14.3 Å². The number of likely N-dealkylation sites (tertiary alicyclic amines) is 1. The first-order valence-corrected chi connectivity index (χ1v) is 37.0. The van der Waals surface area contributed by atoms with Crippen LogP contribution in [0.25, 0.3) is 21.3 Å². The molecule has 0 radical (unpaired) electrons. The normalized spacial score (nSPS) is 21.7. The van der Waals surface area contributed by atoms with Gasteiger partial charge < -0.3 is 66.0 Å². The fourth-order valence-corrected chi connectivity index (χ4v) is 18.8. The average Bonchev–Trinajstić information content (AvgIpc) is 0.739. The number of para-hydroxylation sites is 1. The van der Waals surface area contributed by atoms with Gasteiger partial charge in [0, 0.05) is 78.2 Å². The highest BCUT2D eigenvalue weighted by Crippen LogP contribution is 2.72. The minimum Gasteiger partial charge on any atom is -0.497 e. The van der Waals surface area contributed by atoms with Crippen molar-refractivity contribution in [2.24, 2.45) is 27.9 Å². The molecule has 13 rings (SSSR count). The number of carbonyl (C=O) groups is 5. The fraction of sp³-hybridized carbons (Fsp3) is 0.532. The number of hydrogen-bond donors (Lipinski definition) is 7. The number of ether oxygens (including phenoxy) is 4. The molecule has 7 aromatic rings. The Morgan fingerprint density at radius 3 is 2.29 bits per heavy atom. The summed E-state index contributed by atoms with van der Waals surface area (Å²) in [6.07, 6.45) is 11.9. The quantitative estimate of drug-likeness (QED) is 0.0136. The van der Waals surface area contributed by atoms with Crippen molar-refractivity contribution >= 4 is 79.7 Å². The van der Waals surface area contributed by atoms with Crippen LogP contribution in [0.3, 0.4) is 0 Å². The first kappa shape index (κ1) is 73.0. The van der Waals surface area contributed by atoms with Crippen molar-refractivity contribution in [3.63, 3.8) is 0 Å². The second-order valence-electron chi connectivity index (χ2n) is 31.6. The number of alkyl carbamates (subject to hydrolysis) is 1. The molecule has 2 aliphatic heterocycles. The number of amides is 5. The number of thiazole rings is 1. The number of fused-ring (bicyclic) bond motifs is 2. The summed E-state index contributed by atoms with van der Waals surface area (Å²) < 4.78 is 28.7. The molecule has 24 nitrogen and oxygen atoms in total. The van der Waals surface area contributed by atoms with Gasteiger partial charge in [0.05, 0.1) is 48.8 Å². The molecule has 6 heterocycles. The Bertz CT molecular complexity index is 4190. The third-order valence-corrected chi connectivity index (χ3v) is 22.3. The predicted molar refractivity (Wildman–Crippen MR) is 395 cm³/mol. The van der Waals surface area contributed by atoms with E-state index in [1.54, 1.807) is 53.1 Å². The largest absolute Gasteiger partial charge is 0.497 e. The van der Waals surface area contributed by atoms with Gasteiger partial charge in [0.1, 0.15) is 48.9 Å². The standard InChI is InChI=1S/C77H101N15O9S/c1-48(2)63(86-72(97)101-73(5,6)7)68(94)83-60(20-16-30-80-70(78)96)67(93)82-54-25-24-52(53(36-54)37-79-10)39-92(32-14-15-33-92)34-35-100-77-44-74(8)41-75(9,45-77)43-76(42-74,46-77)47-91-50(4)58(38-81-91)57-28-29-62(85-64(57)69(95)99-40-51-22-26-55(98-11)27-23-51)90-31-17-18-56-49(3)65(88-89-66(56)90)87-71-84-59-19-12-13-21-61(59)102-71/h12-13,19,21-29,36,38,48,60,63,79H,14-18,20,30-35,37,39-47H2,1-11H3,(H6-,78,80,82,83,84,86,87,88,93,94,96,97)/p+1/t60-,63-,74-,75+,76+,77-/m0/s1. The van der Waals surface area contributed by atoms with Crippen molar-refractivity contribution in [2.75, 3.05) is 69.0 Å². The van der Waals surface area contributed by atoms with Crippen LogP contribution in [0.15, 0.2) is 85.1 Å². The van der Waals surface area contributed by atoms with Crippen molar-refractivity contribution in [3.05, 3.63) is 124 Å². The monoisotopic (exact) mass is 1410 g/mol. The Labute approximate surface area is 602 Å². The van der Waals surface area contributed by atoms with Crippen LogP contribution in [0.4, 0.5) is 37.9 Å². The van der Waals surface area contributed by atoms with Gasteiger partial charge in [-0.25, -0.2) is 24.4 Å². The topological polar surface area (TPSA) is 293 Å². The highest BCUT2D eigenvalue weighted by molar-refractivity contribution is 7.22. The van der Waals surface area contributed by atoms with Crippen LogP contribution < -0.4 is 47.3 Å². The number of aromatic nitrogens is 6. The number of nitrogens with one attached hydrogen (secondary N) is 6. The number of nitrogens with zero attached hydrogens (tertiary/aromatic N) is 8. The summed E-state index contributed by atoms with van der Waals surface area (Å²) in [6.45, 7) is 24.5. The molecule has 544 valence electrons. The molecular weight excluding hydrogens is 1310 g/mol. The highest BCUT2D eigenvalue weighted by Gasteiger charge is 2.66. The molecule has 8 N–H and O–H groups in total. The molecule has 25 heteroatoms. The molecule has 4 aromatic heterocycles. The van der Waals surface area contributed by atoms with E-state index in [0.29, 0.717) is 60.6 Å². The fourth-order valence-electron chi connectivity index (χ4n) is 17.9. The van der Waals surface area contributed by atoms with Crippen molar-refractivity contribution in [1.29, 1.82) is 0 Å². The smallest absolute Gasteiger partial charge is 0.408 e. The van der Waals surface area contributed by atoms with Crippen LogP contribution in [0, 0.1) is 36.0 Å². The molecular formula is C77H102N15O9S+. The van der Waals surface area contributed by atoms with Crippen LogP contribution in [0.5, 0.6) is 5.75 Å². The van der Waals surface area contributed by atoms with Crippen molar-refractivity contribution in [3.8, 4) is 16.9 Å². The molecule has 5 amide bonds. The molecule has 6 aliphatic rings. The first-order valence-electron chi connectivity index (χ1n) is 36.1. The molecule has 102 heavy (non-hydrogen) atoms. The molecule has 5 fully saturated rings. The number of rotatable bonds is 28. The lowest BCUT2D eigenvalue weighted by Gasteiger charge is -2.69. The second-order valence-corrected chi connectivity index (χ2v) is 32.6. The zero-order valence-electron chi connectivity index (χ0n) is 61.1. The Morgan fingerprint density at radius 1 is 0.833 bits per heavy atom. The summed E-state index contributed by atoms with van der Waals surface area (Å²) in [7, 11) is 3.54. The van der Waals surface area contributed by atoms with E-state index in [0.717, 1.165) is 150 Å². The number of anilines is 5. The molecule has 0 spiro atoms. The van der Waals surface area contributed by atoms with E-state index in [-0.39, 0.29) is 53.0 Å². The molecule has 6 atom stereocenters. The third kappa shape index (κ3) is 16.6. The minimum absolute atomic E-state index is 0.0435. The van der Waals surface area contributed by atoms with Gasteiger partial charge in [0.25, 0.3) is 0 Å². The summed E-state index contributed by atoms with van der Waals surface area (Å²) in [5, 5.41) is 33.5. The predicted octanol–water partition coefficient (Wildman–Crippen LogP) is 12.2. The number of quaternary nitrogens is 1. The van der Waals surface area contributed by atoms with Crippen LogP contribution >= 0.6 is 11.3 Å². The van der Waals surface area contributed by atoms with E-state index in [4.69, 9.17) is 49.9 Å². The Kier molecular flexibility index (Phi) is 21.4. The Balaban J connectivity index is 0.750. The highest BCUT2D eigenvalue weighted by atomic mass is 32.1. The minimum atomic E-state index is -1.00. The van der Waals surface area contributed by atoms with E-state index in [1.807, 2.05) is 80.0 Å². The SMILES string of the molecule is CNCc1cc(NC(=O)[C@H](CCCNC(N)=O)NC(=O)[C@@H](NC(=O)OC(C)(C)C)C(C)C)ccc1C[N+]1(CCO[C@]23C[C@@]4(C)C[C@](C)(C[C@](Cn5ncc(-c6ccc(N7CCCc8c7nnc(Nc7nc9ccccc9s7)c8C)nc6C(=O)OCc6ccc(OC)cc6)c5C)(C4)C2)C3)CCCC1. The summed E-state index contributed by atoms with van der Waals surface area (Å²) in [5.74, 6) is 0.805. The number of pyridine rings is 1. The lowest BCUT2D eigenvalue weighted by atomic mass is 9.39. The number of urea groups is 1. The van der Waals surface area contributed by atoms with Gasteiger partial charge >= 0.3 is 18.1 Å².